The van der Waals surface area contributed by atoms with Crippen molar-refractivity contribution in [3.63, 3.8) is 0 Å². The largest absolute Gasteiger partial charge is 0.481 e. The number of aliphatic carboxylic acids is 1. The number of carbonyl (C=O) groups is 2. The van der Waals surface area contributed by atoms with Gasteiger partial charge in [0.05, 0.1) is 0 Å². The number of carboxylic acids is 1. The molecule has 0 heterocycles. The normalized spacial score (nSPS) is 11.0. The molecule has 0 unspecified atom stereocenters. The van der Waals surface area contributed by atoms with E-state index in [2.05, 4.69) is 5.32 Å². The first kappa shape index (κ1) is 14.2. The van der Waals surface area contributed by atoms with Crippen LogP contribution in [0.15, 0.2) is 30.3 Å². The SMILES string of the molecule is CC(C)(CCC(=O)O)CNC(=O)c1ccccc1. The van der Waals surface area contributed by atoms with E-state index in [1.807, 2.05) is 32.0 Å². The van der Waals surface area contributed by atoms with Crippen molar-refractivity contribution in [1.82, 2.24) is 5.32 Å². The fourth-order valence-corrected chi connectivity index (χ4v) is 1.54. The fourth-order valence-electron chi connectivity index (χ4n) is 1.54. The van der Waals surface area contributed by atoms with Crippen LogP contribution in [-0.2, 0) is 4.79 Å². The Labute approximate surface area is 107 Å². The number of carbonyl (C=O) groups excluding carboxylic acids is 1. The van der Waals surface area contributed by atoms with Crippen molar-refractivity contribution >= 4 is 11.9 Å². The van der Waals surface area contributed by atoms with Gasteiger partial charge in [0.1, 0.15) is 0 Å². The van der Waals surface area contributed by atoms with Crippen molar-refractivity contribution in [2.24, 2.45) is 5.41 Å². The molecule has 0 saturated heterocycles. The zero-order valence-corrected chi connectivity index (χ0v) is 10.8. The Morgan fingerprint density at radius 3 is 2.39 bits per heavy atom. The van der Waals surface area contributed by atoms with E-state index in [1.165, 1.54) is 0 Å². The molecule has 1 aromatic carbocycles. The maximum atomic E-state index is 11.8. The Morgan fingerprint density at radius 1 is 1.22 bits per heavy atom. The second-order valence-corrected chi connectivity index (χ2v) is 5.11. The summed E-state index contributed by atoms with van der Waals surface area (Å²) in [5, 5.41) is 11.5. The molecule has 0 spiro atoms. The summed E-state index contributed by atoms with van der Waals surface area (Å²) in [5.74, 6) is -0.934. The maximum Gasteiger partial charge on any atom is 0.303 e. The molecule has 0 aliphatic heterocycles. The maximum absolute atomic E-state index is 11.8. The van der Waals surface area contributed by atoms with E-state index in [1.54, 1.807) is 12.1 Å². The minimum absolute atomic E-state index is 0.119. The molecule has 0 radical (unpaired) electrons. The van der Waals surface area contributed by atoms with Crippen LogP contribution in [0.1, 0.15) is 37.0 Å². The van der Waals surface area contributed by atoms with Crippen LogP contribution in [0.25, 0.3) is 0 Å². The molecular formula is C14H19NO3. The predicted molar refractivity (Wildman–Crippen MR) is 69.4 cm³/mol. The van der Waals surface area contributed by atoms with Crippen molar-refractivity contribution in [3.8, 4) is 0 Å². The lowest BCUT2D eigenvalue weighted by Gasteiger charge is -2.24. The van der Waals surface area contributed by atoms with Crippen molar-refractivity contribution in [1.29, 1.82) is 0 Å². The molecule has 4 nitrogen and oxygen atoms in total. The first-order valence-electron chi connectivity index (χ1n) is 5.96. The Kier molecular flexibility index (Phi) is 4.89. The van der Waals surface area contributed by atoms with Gasteiger partial charge in [-0.2, -0.15) is 0 Å². The summed E-state index contributed by atoms with van der Waals surface area (Å²) in [6.45, 7) is 4.36. The number of hydrogen-bond donors (Lipinski definition) is 2. The summed E-state index contributed by atoms with van der Waals surface area (Å²) in [5.41, 5.74) is 0.398. The lowest BCUT2D eigenvalue weighted by Crippen LogP contribution is -2.34. The van der Waals surface area contributed by atoms with E-state index in [-0.39, 0.29) is 17.7 Å². The standard InChI is InChI=1S/C14H19NO3/c1-14(2,9-8-12(16)17)10-15-13(18)11-6-4-3-5-7-11/h3-7H,8-10H2,1-2H3,(H,15,18)(H,16,17). The van der Waals surface area contributed by atoms with Crippen molar-refractivity contribution < 1.29 is 14.7 Å². The Balaban J connectivity index is 2.44. The monoisotopic (exact) mass is 249 g/mol. The third-order valence-corrected chi connectivity index (χ3v) is 2.78. The van der Waals surface area contributed by atoms with Crippen LogP contribution in [0.3, 0.4) is 0 Å². The first-order chi connectivity index (χ1) is 8.41. The molecule has 0 fully saturated rings. The van der Waals surface area contributed by atoms with Gasteiger partial charge in [-0.1, -0.05) is 32.0 Å². The number of carboxylic acid groups (broad SMARTS) is 1. The zero-order valence-electron chi connectivity index (χ0n) is 10.8. The quantitative estimate of drug-likeness (QED) is 0.813. The number of nitrogens with one attached hydrogen (secondary N) is 1. The van der Waals surface area contributed by atoms with E-state index in [0.29, 0.717) is 18.5 Å². The van der Waals surface area contributed by atoms with E-state index < -0.39 is 5.97 Å². The van der Waals surface area contributed by atoms with E-state index in [0.717, 1.165) is 0 Å². The molecule has 1 amide bonds. The molecule has 4 heteroatoms. The highest BCUT2D eigenvalue weighted by Crippen LogP contribution is 2.21. The predicted octanol–water partition coefficient (Wildman–Crippen LogP) is 2.31. The van der Waals surface area contributed by atoms with Crippen LogP contribution in [-0.4, -0.2) is 23.5 Å². The number of amides is 1. The highest BCUT2D eigenvalue weighted by molar-refractivity contribution is 5.94. The number of rotatable bonds is 6. The minimum Gasteiger partial charge on any atom is -0.481 e. The van der Waals surface area contributed by atoms with Gasteiger partial charge < -0.3 is 10.4 Å². The Hall–Kier alpha value is -1.84. The lowest BCUT2D eigenvalue weighted by molar-refractivity contribution is -0.137. The third kappa shape index (κ3) is 4.99. The molecular weight excluding hydrogens is 230 g/mol. The van der Waals surface area contributed by atoms with Gasteiger partial charge >= 0.3 is 5.97 Å². The molecule has 98 valence electrons. The summed E-state index contributed by atoms with van der Waals surface area (Å²) >= 11 is 0. The molecule has 2 N–H and O–H groups in total. The summed E-state index contributed by atoms with van der Waals surface area (Å²) in [7, 11) is 0. The zero-order chi connectivity index (χ0) is 13.6. The summed E-state index contributed by atoms with van der Waals surface area (Å²) < 4.78 is 0. The van der Waals surface area contributed by atoms with Gasteiger partial charge in [-0.3, -0.25) is 9.59 Å². The smallest absolute Gasteiger partial charge is 0.303 e. The minimum atomic E-state index is -0.808. The molecule has 1 aromatic rings. The molecule has 0 aromatic heterocycles. The molecule has 0 saturated carbocycles. The highest BCUT2D eigenvalue weighted by atomic mass is 16.4. The van der Waals surface area contributed by atoms with E-state index in [9.17, 15) is 9.59 Å². The molecule has 1 rings (SSSR count). The second kappa shape index (κ2) is 6.19. The topological polar surface area (TPSA) is 66.4 Å². The highest BCUT2D eigenvalue weighted by Gasteiger charge is 2.20. The first-order valence-corrected chi connectivity index (χ1v) is 5.96. The molecule has 0 bridgehead atoms. The molecule has 18 heavy (non-hydrogen) atoms. The third-order valence-electron chi connectivity index (χ3n) is 2.78. The van der Waals surface area contributed by atoms with Crippen LogP contribution < -0.4 is 5.32 Å². The molecule has 0 aliphatic carbocycles. The van der Waals surface area contributed by atoms with Crippen LogP contribution >= 0.6 is 0 Å². The van der Waals surface area contributed by atoms with Crippen LogP contribution in [0.2, 0.25) is 0 Å². The van der Waals surface area contributed by atoms with Crippen LogP contribution in [0, 0.1) is 5.41 Å². The van der Waals surface area contributed by atoms with E-state index in [4.69, 9.17) is 5.11 Å². The van der Waals surface area contributed by atoms with Gasteiger partial charge in [0.15, 0.2) is 0 Å². The van der Waals surface area contributed by atoms with Gasteiger partial charge in [0.25, 0.3) is 5.91 Å². The second-order valence-electron chi connectivity index (χ2n) is 5.11. The Bertz CT molecular complexity index is 412. The lowest BCUT2D eigenvalue weighted by atomic mass is 9.87. The van der Waals surface area contributed by atoms with Gasteiger partial charge in [-0.05, 0) is 24.0 Å². The fraction of sp³-hybridized carbons (Fsp3) is 0.429. The van der Waals surface area contributed by atoms with Crippen LogP contribution in [0.5, 0.6) is 0 Å². The van der Waals surface area contributed by atoms with E-state index >= 15 is 0 Å². The number of benzene rings is 1. The summed E-state index contributed by atoms with van der Waals surface area (Å²) in [6, 6.07) is 8.97. The summed E-state index contributed by atoms with van der Waals surface area (Å²) in [4.78, 5) is 22.3. The number of hydrogen-bond acceptors (Lipinski definition) is 2. The average molecular weight is 249 g/mol. The Morgan fingerprint density at radius 2 is 1.83 bits per heavy atom. The van der Waals surface area contributed by atoms with Crippen molar-refractivity contribution in [3.05, 3.63) is 35.9 Å². The molecule has 0 aliphatic rings. The van der Waals surface area contributed by atoms with Gasteiger partial charge in [-0.25, -0.2) is 0 Å². The van der Waals surface area contributed by atoms with Crippen LogP contribution in [0.4, 0.5) is 0 Å². The average Bonchev–Trinajstić information content (AvgIpc) is 2.35. The van der Waals surface area contributed by atoms with Gasteiger partial charge in [0.2, 0.25) is 0 Å². The van der Waals surface area contributed by atoms with Gasteiger partial charge in [0, 0.05) is 18.5 Å². The van der Waals surface area contributed by atoms with Gasteiger partial charge in [-0.15, -0.1) is 0 Å². The van der Waals surface area contributed by atoms with Crippen molar-refractivity contribution in [2.75, 3.05) is 6.54 Å². The molecule has 0 atom stereocenters. The summed E-state index contributed by atoms with van der Waals surface area (Å²) in [6.07, 6.45) is 0.658. The van der Waals surface area contributed by atoms with Crippen molar-refractivity contribution in [2.45, 2.75) is 26.7 Å².